The van der Waals surface area contributed by atoms with Crippen molar-refractivity contribution in [2.24, 2.45) is 11.5 Å². The number of aromatic nitrogens is 5. The average Bonchev–Trinajstić information content (AvgIpc) is 3.15. The van der Waals surface area contributed by atoms with Crippen molar-refractivity contribution < 1.29 is 13.6 Å². The number of nitrogens with two attached hydrogens (primary N) is 2. The molecule has 0 saturated heterocycles. The molecule has 6 N–H and O–H groups in total. The van der Waals surface area contributed by atoms with Gasteiger partial charge in [0.2, 0.25) is 5.95 Å². The van der Waals surface area contributed by atoms with Gasteiger partial charge in [0.05, 0.1) is 5.52 Å². The van der Waals surface area contributed by atoms with Gasteiger partial charge in [0.25, 0.3) is 5.91 Å². The Morgan fingerprint density at radius 1 is 1.26 bits per heavy atom. The Kier molecular flexibility index (Phi) is 5.63. The molecule has 1 fully saturated rings. The van der Waals surface area contributed by atoms with Gasteiger partial charge >= 0.3 is 6.55 Å². The summed E-state index contributed by atoms with van der Waals surface area (Å²) < 4.78 is 26.6. The maximum absolute atomic E-state index is 13.0. The van der Waals surface area contributed by atoms with E-state index in [0.717, 1.165) is 31.2 Å². The summed E-state index contributed by atoms with van der Waals surface area (Å²) in [6.45, 7) is -0.967. The molecular weight excluding hydrogens is 408 g/mol. The second-order valence-corrected chi connectivity index (χ2v) is 7.63. The number of benzene rings is 1. The van der Waals surface area contributed by atoms with Crippen molar-refractivity contribution in [3.63, 3.8) is 0 Å². The quantitative estimate of drug-likeness (QED) is 0.465. The molecule has 1 amide bonds. The number of carbonyl (C=O) groups is 1. The first kappa shape index (κ1) is 20.8. The monoisotopic (exact) mass is 431 g/mol. The molecule has 31 heavy (non-hydrogen) atoms. The van der Waals surface area contributed by atoms with Crippen LogP contribution in [-0.4, -0.2) is 43.0 Å². The molecule has 4 rings (SSSR count). The fourth-order valence-corrected chi connectivity index (χ4v) is 3.77. The number of amides is 1. The third-order valence-corrected chi connectivity index (χ3v) is 5.37. The van der Waals surface area contributed by atoms with E-state index < -0.39 is 12.5 Å². The van der Waals surface area contributed by atoms with Crippen LogP contribution >= 0.6 is 0 Å². The zero-order valence-corrected chi connectivity index (χ0v) is 16.8. The number of primary amides is 1. The number of alkyl halides is 2. The van der Waals surface area contributed by atoms with E-state index >= 15 is 0 Å². The van der Waals surface area contributed by atoms with Crippen molar-refractivity contribution in [3.05, 3.63) is 29.6 Å². The maximum Gasteiger partial charge on any atom is 0.333 e. The van der Waals surface area contributed by atoms with Crippen LogP contribution in [0, 0.1) is 6.92 Å². The predicted molar refractivity (Wildman–Crippen MR) is 111 cm³/mol. The summed E-state index contributed by atoms with van der Waals surface area (Å²) in [7, 11) is 0. The number of carbonyl (C=O) groups excluding carboxylic acids is 1. The van der Waals surface area contributed by atoms with E-state index in [9.17, 15) is 13.6 Å². The standard InChI is InChI=1S/C19H23F2N9O/c1-9-6-10(7-14-11(9)8-30(29-14)18(20)21)24-17-15(16(23)31)27-28-19(26-17)25-13-5-3-2-4-12(13)22/h6-8,12-13,18H,2-5,22H2,1H3,(H2,23,31)(H2,24,25,26,28)/t12-,13+/m0/s1. The van der Waals surface area contributed by atoms with Crippen LogP contribution in [0.2, 0.25) is 0 Å². The molecule has 2 aromatic heterocycles. The Bertz CT molecular complexity index is 1120. The second kappa shape index (κ2) is 8.38. The highest BCUT2D eigenvalue weighted by Gasteiger charge is 2.23. The Morgan fingerprint density at radius 3 is 2.74 bits per heavy atom. The summed E-state index contributed by atoms with van der Waals surface area (Å²) >= 11 is 0. The summed E-state index contributed by atoms with van der Waals surface area (Å²) in [5, 5.41) is 18.5. The zero-order valence-electron chi connectivity index (χ0n) is 16.8. The number of hydrogen-bond acceptors (Lipinski definition) is 8. The van der Waals surface area contributed by atoms with Gasteiger partial charge in [-0.3, -0.25) is 4.79 Å². The van der Waals surface area contributed by atoms with E-state index in [-0.39, 0.29) is 29.5 Å². The highest BCUT2D eigenvalue weighted by Crippen LogP contribution is 2.27. The lowest BCUT2D eigenvalue weighted by atomic mass is 9.91. The lowest BCUT2D eigenvalue weighted by molar-refractivity contribution is 0.0573. The van der Waals surface area contributed by atoms with Crippen LogP contribution in [0.4, 0.5) is 26.2 Å². The predicted octanol–water partition coefficient (Wildman–Crippen LogP) is 2.45. The minimum atomic E-state index is -2.74. The van der Waals surface area contributed by atoms with Crippen molar-refractivity contribution in [1.29, 1.82) is 0 Å². The topological polar surface area (TPSA) is 150 Å². The molecular formula is C19H23F2N9O. The lowest BCUT2D eigenvalue weighted by Gasteiger charge is -2.29. The molecule has 1 aliphatic rings. The van der Waals surface area contributed by atoms with Gasteiger partial charge in [0.15, 0.2) is 11.5 Å². The van der Waals surface area contributed by atoms with Crippen LogP contribution in [0.1, 0.15) is 48.3 Å². The third kappa shape index (κ3) is 4.38. The molecule has 3 aromatic rings. The van der Waals surface area contributed by atoms with Crippen LogP contribution in [0.5, 0.6) is 0 Å². The van der Waals surface area contributed by atoms with Crippen LogP contribution in [0.25, 0.3) is 10.9 Å². The van der Waals surface area contributed by atoms with E-state index in [0.29, 0.717) is 21.3 Å². The molecule has 10 nitrogen and oxygen atoms in total. The molecule has 1 aromatic carbocycles. The van der Waals surface area contributed by atoms with Gasteiger partial charge in [-0.15, -0.1) is 10.2 Å². The summed E-state index contributed by atoms with van der Waals surface area (Å²) in [6, 6.07) is 3.29. The van der Waals surface area contributed by atoms with Crippen molar-refractivity contribution >= 4 is 34.3 Å². The molecule has 0 spiro atoms. The number of anilines is 3. The van der Waals surface area contributed by atoms with E-state index in [2.05, 4.69) is 30.9 Å². The largest absolute Gasteiger partial charge is 0.364 e. The molecule has 0 unspecified atom stereocenters. The first-order valence-electron chi connectivity index (χ1n) is 9.93. The van der Waals surface area contributed by atoms with Crippen molar-refractivity contribution in [1.82, 2.24) is 25.0 Å². The van der Waals surface area contributed by atoms with Crippen LogP contribution in [0.3, 0.4) is 0 Å². The molecule has 2 heterocycles. The number of rotatable bonds is 6. The first-order chi connectivity index (χ1) is 14.8. The number of nitrogens with zero attached hydrogens (tertiary/aromatic N) is 5. The Hall–Kier alpha value is -3.41. The van der Waals surface area contributed by atoms with Crippen molar-refractivity contribution in [2.45, 2.75) is 51.2 Å². The van der Waals surface area contributed by atoms with Gasteiger partial charge in [0, 0.05) is 29.4 Å². The van der Waals surface area contributed by atoms with E-state index in [4.69, 9.17) is 11.5 Å². The zero-order chi connectivity index (χ0) is 22.1. The Labute approximate surface area is 176 Å². The molecule has 1 saturated carbocycles. The molecule has 0 radical (unpaired) electrons. The summed E-state index contributed by atoms with van der Waals surface area (Å²) in [5.74, 6) is -0.487. The molecule has 2 atom stereocenters. The summed E-state index contributed by atoms with van der Waals surface area (Å²) in [5.41, 5.74) is 13.0. The second-order valence-electron chi connectivity index (χ2n) is 7.63. The minimum Gasteiger partial charge on any atom is -0.364 e. The van der Waals surface area contributed by atoms with Gasteiger partial charge in [-0.25, -0.2) is 4.68 Å². The number of nitrogens with one attached hydrogen (secondary N) is 2. The van der Waals surface area contributed by atoms with E-state index in [1.54, 1.807) is 19.1 Å². The number of fused-ring (bicyclic) bond motifs is 1. The van der Waals surface area contributed by atoms with Gasteiger partial charge in [0.1, 0.15) is 0 Å². The van der Waals surface area contributed by atoms with Gasteiger partial charge in [-0.2, -0.15) is 18.9 Å². The van der Waals surface area contributed by atoms with Crippen LogP contribution in [0.15, 0.2) is 18.3 Å². The average molecular weight is 431 g/mol. The van der Waals surface area contributed by atoms with Crippen LogP contribution < -0.4 is 22.1 Å². The minimum absolute atomic E-state index is 0.000246. The van der Waals surface area contributed by atoms with E-state index in [1.165, 1.54) is 6.20 Å². The highest BCUT2D eigenvalue weighted by atomic mass is 19.3. The van der Waals surface area contributed by atoms with Crippen LogP contribution in [-0.2, 0) is 0 Å². The summed E-state index contributed by atoms with van der Waals surface area (Å²) in [4.78, 5) is 16.2. The van der Waals surface area contributed by atoms with E-state index in [1.807, 2.05) is 0 Å². The number of halogens is 2. The fraction of sp³-hybridized carbons (Fsp3) is 0.421. The number of hydrogen-bond donors (Lipinski definition) is 4. The first-order valence-corrected chi connectivity index (χ1v) is 9.93. The molecule has 12 heteroatoms. The van der Waals surface area contributed by atoms with Gasteiger partial charge < -0.3 is 22.1 Å². The lowest BCUT2D eigenvalue weighted by Crippen LogP contribution is -2.43. The molecule has 0 aliphatic heterocycles. The maximum atomic E-state index is 13.0. The third-order valence-electron chi connectivity index (χ3n) is 5.37. The molecule has 1 aliphatic carbocycles. The Balaban J connectivity index is 1.65. The van der Waals surface area contributed by atoms with Gasteiger partial charge in [-0.05, 0) is 37.5 Å². The van der Waals surface area contributed by atoms with Crippen molar-refractivity contribution in [2.75, 3.05) is 10.6 Å². The highest BCUT2D eigenvalue weighted by molar-refractivity contribution is 5.96. The normalized spacial score (nSPS) is 19.0. The molecule has 0 bridgehead atoms. The SMILES string of the molecule is Cc1cc(Nc2nc(N[C@@H]3CCCC[C@@H]3N)nnc2C(N)=O)cc2nn(C(F)F)cc12. The fourth-order valence-electron chi connectivity index (χ4n) is 3.77. The van der Waals surface area contributed by atoms with Crippen molar-refractivity contribution in [3.8, 4) is 0 Å². The smallest absolute Gasteiger partial charge is 0.333 e. The molecule has 164 valence electrons. The Morgan fingerprint density at radius 2 is 2.03 bits per heavy atom. The number of aryl methyl sites for hydroxylation is 1. The summed E-state index contributed by atoms with van der Waals surface area (Å²) in [6.07, 6.45) is 5.20. The van der Waals surface area contributed by atoms with Gasteiger partial charge in [-0.1, -0.05) is 12.8 Å².